The number of benzene rings is 1. The fourth-order valence-electron chi connectivity index (χ4n) is 3.01. The first kappa shape index (κ1) is 18.0. The lowest BCUT2D eigenvalue weighted by Gasteiger charge is -2.16. The number of aromatic nitrogens is 2. The third-order valence-electron chi connectivity index (χ3n) is 4.45. The zero-order valence-electron chi connectivity index (χ0n) is 15.2. The van der Waals surface area contributed by atoms with Crippen LogP contribution in [0.2, 0.25) is 0 Å². The van der Waals surface area contributed by atoms with Crippen molar-refractivity contribution in [3.05, 3.63) is 48.5 Å². The topological polar surface area (TPSA) is 74.6 Å². The molecule has 1 aromatic heterocycles. The van der Waals surface area contributed by atoms with E-state index in [1.807, 2.05) is 29.6 Å². The van der Waals surface area contributed by atoms with E-state index in [0.717, 1.165) is 49.7 Å². The summed E-state index contributed by atoms with van der Waals surface area (Å²) < 4.78 is 2.06. The SMILES string of the molecule is CN=C(NCCCn1ccnc1)NCc1ccc(N2CCCC2=O)cc1. The second-order valence-corrected chi connectivity index (χ2v) is 6.32. The quantitative estimate of drug-likeness (QED) is 0.451. The highest BCUT2D eigenvalue weighted by atomic mass is 16.2. The minimum Gasteiger partial charge on any atom is -0.356 e. The predicted molar refractivity (Wildman–Crippen MR) is 103 cm³/mol. The Kier molecular flexibility index (Phi) is 6.24. The number of amides is 1. The first-order chi connectivity index (χ1) is 12.8. The van der Waals surface area contributed by atoms with Gasteiger partial charge in [0.2, 0.25) is 5.91 Å². The minimum atomic E-state index is 0.219. The van der Waals surface area contributed by atoms with Crippen LogP contribution in [-0.4, -0.2) is 41.6 Å². The summed E-state index contributed by atoms with van der Waals surface area (Å²) in [6.45, 7) is 3.29. The van der Waals surface area contributed by atoms with Crippen molar-refractivity contribution in [2.45, 2.75) is 32.4 Å². The normalized spacial score (nSPS) is 14.7. The highest BCUT2D eigenvalue weighted by Gasteiger charge is 2.21. The van der Waals surface area contributed by atoms with Gasteiger partial charge in [0, 0.05) is 57.7 Å². The monoisotopic (exact) mass is 354 g/mol. The fraction of sp³-hybridized carbons (Fsp3) is 0.421. The van der Waals surface area contributed by atoms with Gasteiger partial charge in [-0.2, -0.15) is 0 Å². The maximum atomic E-state index is 11.8. The first-order valence-corrected chi connectivity index (χ1v) is 9.06. The number of nitrogens with zero attached hydrogens (tertiary/aromatic N) is 4. The molecule has 1 aliphatic rings. The number of anilines is 1. The molecule has 0 unspecified atom stereocenters. The van der Waals surface area contributed by atoms with Gasteiger partial charge in [-0.3, -0.25) is 9.79 Å². The Balaban J connectivity index is 1.41. The van der Waals surface area contributed by atoms with Crippen molar-refractivity contribution in [3.8, 4) is 0 Å². The number of hydrogen-bond acceptors (Lipinski definition) is 3. The molecule has 3 rings (SSSR count). The largest absolute Gasteiger partial charge is 0.356 e. The molecule has 1 saturated heterocycles. The van der Waals surface area contributed by atoms with Gasteiger partial charge in [-0.25, -0.2) is 4.98 Å². The smallest absolute Gasteiger partial charge is 0.227 e. The van der Waals surface area contributed by atoms with Gasteiger partial charge in [0.25, 0.3) is 0 Å². The molecule has 26 heavy (non-hydrogen) atoms. The Bertz CT molecular complexity index is 723. The van der Waals surface area contributed by atoms with Crippen LogP contribution < -0.4 is 15.5 Å². The highest BCUT2D eigenvalue weighted by Crippen LogP contribution is 2.21. The molecule has 2 aromatic rings. The Morgan fingerprint density at radius 2 is 2.12 bits per heavy atom. The summed E-state index contributed by atoms with van der Waals surface area (Å²) in [5, 5.41) is 6.63. The molecule has 0 saturated carbocycles. The molecule has 0 bridgehead atoms. The molecule has 1 fully saturated rings. The van der Waals surface area contributed by atoms with E-state index in [1.54, 1.807) is 13.2 Å². The molecule has 7 nitrogen and oxygen atoms in total. The van der Waals surface area contributed by atoms with E-state index in [1.165, 1.54) is 0 Å². The van der Waals surface area contributed by atoms with Crippen LogP contribution in [0.5, 0.6) is 0 Å². The van der Waals surface area contributed by atoms with E-state index in [9.17, 15) is 4.79 Å². The second kappa shape index (κ2) is 9.03. The Hall–Kier alpha value is -2.83. The van der Waals surface area contributed by atoms with Crippen molar-refractivity contribution in [2.24, 2.45) is 4.99 Å². The van der Waals surface area contributed by atoms with E-state index in [2.05, 4.69) is 37.3 Å². The van der Waals surface area contributed by atoms with Crippen molar-refractivity contribution in [1.29, 1.82) is 0 Å². The van der Waals surface area contributed by atoms with E-state index in [-0.39, 0.29) is 5.91 Å². The zero-order chi connectivity index (χ0) is 18.2. The lowest BCUT2D eigenvalue weighted by Crippen LogP contribution is -2.37. The molecule has 0 radical (unpaired) electrons. The van der Waals surface area contributed by atoms with Gasteiger partial charge >= 0.3 is 0 Å². The molecule has 0 aliphatic carbocycles. The number of aliphatic imine (C=N–C) groups is 1. The number of guanidine groups is 1. The maximum absolute atomic E-state index is 11.8. The molecular formula is C19H26N6O. The molecule has 1 aromatic carbocycles. The van der Waals surface area contributed by atoms with Crippen LogP contribution >= 0.6 is 0 Å². The Morgan fingerprint density at radius 3 is 2.77 bits per heavy atom. The van der Waals surface area contributed by atoms with Gasteiger partial charge in [0.15, 0.2) is 5.96 Å². The maximum Gasteiger partial charge on any atom is 0.227 e. The Morgan fingerprint density at radius 1 is 1.27 bits per heavy atom. The number of carbonyl (C=O) groups is 1. The molecule has 2 N–H and O–H groups in total. The second-order valence-electron chi connectivity index (χ2n) is 6.32. The van der Waals surface area contributed by atoms with Gasteiger partial charge < -0.3 is 20.1 Å². The van der Waals surface area contributed by atoms with Crippen LogP contribution in [0, 0.1) is 0 Å². The van der Waals surface area contributed by atoms with E-state index < -0.39 is 0 Å². The van der Waals surface area contributed by atoms with Gasteiger partial charge in [-0.1, -0.05) is 12.1 Å². The lowest BCUT2D eigenvalue weighted by atomic mass is 10.2. The number of imidazole rings is 1. The van der Waals surface area contributed by atoms with Gasteiger partial charge in [0.05, 0.1) is 6.33 Å². The van der Waals surface area contributed by atoms with E-state index >= 15 is 0 Å². The summed E-state index contributed by atoms with van der Waals surface area (Å²) in [4.78, 5) is 21.9. The molecular weight excluding hydrogens is 328 g/mol. The van der Waals surface area contributed by atoms with Gasteiger partial charge in [-0.05, 0) is 30.5 Å². The summed E-state index contributed by atoms with van der Waals surface area (Å²) in [6.07, 6.45) is 8.18. The van der Waals surface area contributed by atoms with Crippen molar-refractivity contribution >= 4 is 17.6 Å². The lowest BCUT2D eigenvalue weighted by molar-refractivity contribution is -0.117. The van der Waals surface area contributed by atoms with Crippen molar-refractivity contribution in [2.75, 3.05) is 25.0 Å². The van der Waals surface area contributed by atoms with Crippen LogP contribution in [0.3, 0.4) is 0 Å². The summed E-state index contributed by atoms with van der Waals surface area (Å²) in [7, 11) is 1.77. The standard InChI is InChI=1S/C19H26N6O/c1-20-19(22-9-3-11-24-13-10-21-15-24)23-14-16-5-7-17(8-6-16)25-12-2-4-18(25)26/h5-8,10,13,15H,2-4,9,11-12,14H2,1H3,(H2,20,22,23). The van der Waals surface area contributed by atoms with Crippen LogP contribution in [-0.2, 0) is 17.9 Å². The zero-order valence-corrected chi connectivity index (χ0v) is 15.2. The minimum absolute atomic E-state index is 0.219. The molecule has 7 heteroatoms. The molecule has 1 aliphatic heterocycles. The molecule has 0 spiro atoms. The Labute approximate surface area is 154 Å². The van der Waals surface area contributed by atoms with Gasteiger partial charge in [0.1, 0.15) is 0 Å². The summed E-state index contributed by atoms with van der Waals surface area (Å²) in [5.74, 6) is 1.01. The molecule has 2 heterocycles. The van der Waals surface area contributed by atoms with E-state index in [0.29, 0.717) is 13.0 Å². The highest BCUT2D eigenvalue weighted by molar-refractivity contribution is 5.95. The fourth-order valence-corrected chi connectivity index (χ4v) is 3.01. The van der Waals surface area contributed by atoms with E-state index in [4.69, 9.17) is 0 Å². The van der Waals surface area contributed by atoms with Crippen molar-refractivity contribution in [3.63, 3.8) is 0 Å². The van der Waals surface area contributed by atoms with Gasteiger partial charge in [-0.15, -0.1) is 0 Å². The molecule has 138 valence electrons. The van der Waals surface area contributed by atoms with Crippen LogP contribution in [0.4, 0.5) is 5.69 Å². The van der Waals surface area contributed by atoms with Crippen molar-refractivity contribution in [1.82, 2.24) is 20.2 Å². The summed E-state index contributed by atoms with van der Waals surface area (Å²) >= 11 is 0. The number of carbonyl (C=O) groups excluding carboxylic acids is 1. The third-order valence-corrected chi connectivity index (χ3v) is 4.45. The number of nitrogens with one attached hydrogen (secondary N) is 2. The average Bonchev–Trinajstić information content (AvgIpc) is 3.33. The van der Waals surface area contributed by atoms with Crippen molar-refractivity contribution < 1.29 is 4.79 Å². The van der Waals surface area contributed by atoms with Crippen LogP contribution in [0.1, 0.15) is 24.8 Å². The molecule has 1 amide bonds. The molecule has 0 atom stereocenters. The van der Waals surface area contributed by atoms with Crippen LogP contribution in [0.15, 0.2) is 48.0 Å². The third kappa shape index (κ3) is 4.84. The predicted octanol–water partition coefficient (Wildman–Crippen LogP) is 1.77. The number of rotatable bonds is 7. The summed E-state index contributed by atoms with van der Waals surface area (Å²) in [5.41, 5.74) is 2.14. The number of hydrogen-bond donors (Lipinski definition) is 2. The number of aryl methyl sites for hydroxylation is 1. The summed E-state index contributed by atoms with van der Waals surface area (Å²) in [6, 6.07) is 8.14. The van der Waals surface area contributed by atoms with Crippen LogP contribution in [0.25, 0.3) is 0 Å². The first-order valence-electron chi connectivity index (χ1n) is 9.06. The average molecular weight is 354 g/mol.